The minimum absolute atomic E-state index is 0. The van der Waals surface area contributed by atoms with Crippen molar-refractivity contribution in [2.45, 2.75) is 13.0 Å². The topological polar surface area (TPSA) is 61.4 Å². The highest BCUT2D eigenvalue weighted by Crippen LogP contribution is 2.23. The number of rotatable bonds is 4. The maximum Gasteiger partial charge on any atom is 0.253 e. The Morgan fingerprint density at radius 1 is 1.12 bits per heavy atom. The van der Waals surface area contributed by atoms with Gasteiger partial charge in [-0.05, 0) is 47.9 Å². The van der Waals surface area contributed by atoms with E-state index in [1.54, 1.807) is 31.1 Å². The molecule has 3 rings (SSSR count). The fourth-order valence-corrected chi connectivity index (χ4v) is 2.91. The minimum atomic E-state index is -0.113. The highest BCUT2D eigenvalue weighted by molar-refractivity contribution is 5.95. The van der Waals surface area contributed by atoms with Crippen LogP contribution in [0.2, 0.25) is 0 Å². The second-order valence-electron chi connectivity index (χ2n) is 5.99. The fourth-order valence-electron chi connectivity index (χ4n) is 2.91. The number of halogens is 1. The molecule has 1 heterocycles. The molecule has 2 N–H and O–H groups in total. The van der Waals surface area contributed by atoms with Gasteiger partial charge in [-0.3, -0.25) is 9.59 Å². The first-order chi connectivity index (χ1) is 11.6. The van der Waals surface area contributed by atoms with Crippen molar-refractivity contribution in [3.63, 3.8) is 0 Å². The number of amides is 2. The number of hydrogen-bond acceptors (Lipinski definition) is 3. The van der Waals surface area contributed by atoms with Gasteiger partial charge >= 0.3 is 0 Å². The van der Waals surface area contributed by atoms with E-state index in [1.807, 2.05) is 30.3 Å². The molecule has 2 aromatic carbocycles. The average molecular weight is 360 g/mol. The predicted octanol–water partition coefficient (Wildman–Crippen LogP) is 2.71. The molecule has 0 radical (unpaired) electrons. The summed E-state index contributed by atoms with van der Waals surface area (Å²) in [7, 11) is 3.40. The number of carbonyl (C=O) groups is 2. The zero-order valence-electron chi connectivity index (χ0n) is 14.3. The van der Waals surface area contributed by atoms with E-state index in [4.69, 9.17) is 0 Å². The molecule has 0 atom stereocenters. The van der Waals surface area contributed by atoms with Crippen LogP contribution in [0.3, 0.4) is 0 Å². The summed E-state index contributed by atoms with van der Waals surface area (Å²) in [6.07, 6.45) is 0.959. The first-order valence-electron chi connectivity index (χ1n) is 8.02. The van der Waals surface area contributed by atoms with Gasteiger partial charge in [0.05, 0.1) is 0 Å². The highest BCUT2D eigenvalue weighted by Gasteiger charge is 2.16. The molecule has 0 aliphatic carbocycles. The van der Waals surface area contributed by atoms with Crippen molar-refractivity contribution in [3.05, 3.63) is 64.7 Å². The summed E-state index contributed by atoms with van der Waals surface area (Å²) in [5.74, 6) is -0.113. The molecule has 2 amide bonds. The van der Waals surface area contributed by atoms with E-state index in [9.17, 15) is 9.59 Å². The van der Waals surface area contributed by atoms with E-state index >= 15 is 0 Å². The maximum atomic E-state index is 12.6. The molecule has 6 heteroatoms. The van der Waals surface area contributed by atoms with Crippen molar-refractivity contribution in [1.82, 2.24) is 10.2 Å². The van der Waals surface area contributed by atoms with Crippen LogP contribution in [0, 0.1) is 0 Å². The summed E-state index contributed by atoms with van der Waals surface area (Å²) in [4.78, 5) is 25.9. The van der Waals surface area contributed by atoms with Crippen LogP contribution in [0.15, 0.2) is 42.5 Å². The summed E-state index contributed by atoms with van der Waals surface area (Å²) in [5.41, 5.74) is 4.63. The van der Waals surface area contributed by atoms with Crippen LogP contribution in [-0.2, 0) is 13.0 Å². The number of hydrogen-bond donors (Lipinski definition) is 2. The quantitative estimate of drug-likeness (QED) is 0.882. The molecule has 0 saturated heterocycles. The van der Waals surface area contributed by atoms with Gasteiger partial charge in [-0.1, -0.05) is 12.1 Å². The largest absolute Gasteiger partial charge is 0.384 e. The van der Waals surface area contributed by atoms with Crippen molar-refractivity contribution < 1.29 is 9.59 Å². The fraction of sp³-hybridized carbons (Fsp3) is 0.263. The highest BCUT2D eigenvalue weighted by atomic mass is 35.5. The maximum absolute atomic E-state index is 12.6. The summed E-state index contributed by atoms with van der Waals surface area (Å²) in [6, 6.07) is 13.1. The normalized spacial score (nSPS) is 11.8. The molecule has 1 aliphatic rings. The van der Waals surface area contributed by atoms with Gasteiger partial charge in [0.2, 0.25) is 0 Å². The van der Waals surface area contributed by atoms with Gasteiger partial charge in [-0.2, -0.15) is 0 Å². The Bertz CT molecular complexity index is 775. The van der Waals surface area contributed by atoms with Crippen molar-refractivity contribution in [2.75, 3.05) is 26.0 Å². The SMILES string of the molecule is CNC(=O)c1ccc(CN(C)C(=O)c2ccc3c(c2)CCN3)cc1.Cl. The number of fused-ring (bicyclic) bond motifs is 1. The Labute approximate surface area is 153 Å². The summed E-state index contributed by atoms with van der Waals surface area (Å²) >= 11 is 0. The van der Waals surface area contributed by atoms with Gasteiger partial charge in [0, 0.05) is 44.0 Å². The lowest BCUT2D eigenvalue weighted by molar-refractivity contribution is 0.0784. The molecule has 0 saturated carbocycles. The Hall–Kier alpha value is -2.53. The Kier molecular flexibility index (Phi) is 6.04. The molecule has 0 bridgehead atoms. The molecule has 132 valence electrons. The second kappa shape index (κ2) is 8.03. The molecule has 25 heavy (non-hydrogen) atoms. The van der Waals surface area contributed by atoms with E-state index in [1.165, 1.54) is 5.56 Å². The van der Waals surface area contributed by atoms with Gasteiger partial charge in [0.1, 0.15) is 0 Å². The number of nitrogens with zero attached hydrogens (tertiary/aromatic N) is 1. The molecular formula is C19H22ClN3O2. The van der Waals surface area contributed by atoms with Crippen LogP contribution in [-0.4, -0.2) is 37.4 Å². The number of anilines is 1. The smallest absolute Gasteiger partial charge is 0.253 e. The Balaban J connectivity index is 0.00000225. The summed E-state index contributed by atoms with van der Waals surface area (Å²) in [6.45, 7) is 1.43. The standard InChI is InChI=1S/C19H21N3O2.ClH/c1-20-18(23)14-5-3-13(4-6-14)12-22(2)19(24)16-7-8-17-15(11-16)9-10-21-17;/h3-8,11,21H,9-10,12H2,1-2H3,(H,20,23);1H. The van der Waals surface area contributed by atoms with Crippen molar-refractivity contribution in [2.24, 2.45) is 0 Å². The van der Waals surface area contributed by atoms with Crippen molar-refractivity contribution >= 4 is 29.9 Å². The molecule has 0 spiro atoms. The molecular weight excluding hydrogens is 338 g/mol. The zero-order chi connectivity index (χ0) is 17.1. The van der Waals surface area contributed by atoms with E-state index in [-0.39, 0.29) is 24.2 Å². The lowest BCUT2D eigenvalue weighted by Crippen LogP contribution is -2.26. The first kappa shape index (κ1) is 18.8. The van der Waals surface area contributed by atoms with E-state index in [0.29, 0.717) is 17.7 Å². The summed E-state index contributed by atoms with van der Waals surface area (Å²) < 4.78 is 0. The molecule has 1 aliphatic heterocycles. The van der Waals surface area contributed by atoms with Crippen LogP contribution >= 0.6 is 12.4 Å². The van der Waals surface area contributed by atoms with E-state index in [2.05, 4.69) is 10.6 Å². The average Bonchev–Trinajstić information content (AvgIpc) is 3.08. The number of benzene rings is 2. The van der Waals surface area contributed by atoms with Crippen LogP contribution in [0.4, 0.5) is 5.69 Å². The summed E-state index contributed by atoms with van der Waals surface area (Å²) in [5, 5.41) is 5.89. The van der Waals surface area contributed by atoms with Crippen molar-refractivity contribution in [1.29, 1.82) is 0 Å². The molecule has 0 fully saturated rings. The second-order valence-corrected chi connectivity index (χ2v) is 5.99. The third kappa shape index (κ3) is 4.12. The minimum Gasteiger partial charge on any atom is -0.384 e. The molecule has 2 aromatic rings. The Morgan fingerprint density at radius 2 is 1.80 bits per heavy atom. The van der Waals surface area contributed by atoms with Gasteiger partial charge in [0.25, 0.3) is 11.8 Å². The van der Waals surface area contributed by atoms with Gasteiger partial charge in [0.15, 0.2) is 0 Å². The third-order valence-electron chi connectivity index (χ3n) is 4.27. The Morgan fingerprint density at radius 3 is 2.48 bits per heavy atom. The van der Waals surface area contributed by atoms with E-state index < -0.39 is 0 Å². The van der Waals surface area contributed by atoms with Crippen LogP contribution in [0.5, 0.6) is 0 Å². The monoisotopic (exact) mass is 359 g/mol. The number of nitrogens with one attached hydrogen (secondary N) is 2. The number of carbonyl (C=O) groups excluding carboxylic acids is 2. The van der Waals surface area contributed by atoms with E-state index in [0.717, 1.165) is 24.2 Å². The lowest BCUT2D eigenvalue weighted by Gasteiger charge is -2.18. The van der Waals surface area contributed by atoms with Crippen LogP contribution in [0.1, 0.15) is 31.8 Å². The first-order valence-corrected chi connectivity index (χ1v) is 8.02. The molecule has 0 unspecified atom stereocenters. The van der Waals surface area contributed by atoms with Gasteiger partial charge < -0.3 is 15.5 Å². The van der Waals surface area contributed by atoms with Crippen molar-refractivity contribution in [3.8, 4) is 0 Å². The van der Waals surface area contributed by atoms with Crippen LogP contribution < -0.4 is 10.6 Å². The molecule has 5 nitrogen and oxygen atoms in total. The van der Waals surface area contributed by atoms with Gasteiger partial charge in [-0.25, -0.2) is 0 Å². The predicted molar refractivity (Wildman–Crippen MR) is 102 cm³/mol. The zero-order valence-corrected chi connectivity index (χ0v) is 15.2. The van der Waals surface area contributed by atoms with Gasteiger partial charge in [-0.15, -0.1) is 12.4 Å². The molecule has 0 aromatic heterocycles. The third-order valence-corrected chi connectivity index (χ3v) is 4.27. The van der Waals surface area contributed by atoms with Crippen LogP contribution in [0.25, 0.3) is 0 Å². The lowest BCUT2D eigenvalue weighted by atomic mass is 10.1.